The normalized spacial score (nSPS) is 15.3. The zero-order valence-electron chi connectivity index (χ0n) is 15.5. The summed E-state index contributed by atoms with van der Waals surface area (Å²) in [6.07, 6.45) is 2.66. The van der Waals surface area contributed by atoms with E-state index in [2.05, 4.69) is 4.90 Å². The van der Waals surface area contributed by atoms with Gasteiger partial charge in [-0.2, -0.15) is 0 Å². The number of hydrogen-bond donors (Lipinski definition) is 1. The Kier molecular flexibility index (Phi) is 5.28. The van der Waals surface area contributed by atoms with Crippen LogP contribution in [0.3, 0.4) is 0 Å². The molecule has 1 heterocycles. The summed E-state index contributed by atoms with van der Waals surface area (Å²) in [5, 5.41) is 0. The van der Waals surface area contributed by atoms with E-state index >= 15 is 0 Å². The maximum absolute atomic E-state index is 13.0. The van der Waals surface area contributed by atoms with Crippen molar-refractivity contribution < 1.29 is 9.53 Å². The van der Waals surface area contributed by atoms with E-state index in [-0.39, 0.29) is 5.91 Å². The van der Waals surface area contributed by atoms with Gasteiger partial charge in [-0.15, -0.1) is 0 Å². The first kappa shape index (κ1) is 18.0. The Morgan fingerprint density at radius 2 is 2.00 bits per heavy atom. The van der Waals surface area contributed by atoms with Crippen molar-refractivity contribution in [2.24, 2.45) is 0 Å². The highest BCUT2D eigenvalue weighted by molar-refractivity contribution is 6.10. The molecule has 0 fully saturated rings. The summed E-state index contributed by atoms with van der Waals surface area (Å²) in [4.78, 5) is 16.9. The SMILES string of the molecule is Cc1cccc(/C=C2/Oc3ccc(N)cc3N(CCCN(C)C)C2=O)c1. The summed E-state index contributed by atoms with van der Waals surface area (Å²) < 4.78 is 5.90. The lowest BCUT2D eigenvalue weighted by Gasteiger charge is -2.31. The molecule has 0 radical (unpaired) electrons. The van der Waals surface area contributed by atoms with Crippen molar-refractivity contribution in [3.8, 4) is 5.75 Å². The molecule has 0 saturated carbocycles. The number of aryl methyl sites for hydroxylation is 1. The Hall–Kier alpha value is -2.79. The van der Waals surface area contributed by atoms with Gasteiger partial charge in [-0.3, -0.25) is 4.79 Å². The third kappa shape index (κ3) is 4.06. The Morgan fingerprint density at radius 3 is 2.73 bits per heavy atom. The van der Waals surface area contributed by atoms with E-state index in [4.69, 9.17) is 10.5 Å². The number of fused-ring (bicyclic) bond motifs is 1. The quantitative estimate of drug-likeness (QED) is 0.663. The molecule has 1 aliphatic rings. The molecule has 0 spiro atoms. The van der Waals surface area contributed by atoms with Gasteiger partial charge in [0.1, 0.15) is 0 Å². The molecule has 1 amide bonds. The van der Waals surface area contributed by atoms with Crippen LogP contribution >= 0.6 is 0 Å². The third-order valence-electron chi connectivity index (χ3n) is 4.28. The van der Waals surface area contributed by atoms with Crippen molar-refractivity contribution in [2.75, 3.05) is 37.8 Å². The first-order valence-corrected chi connectivity index (χ1v) is 8.76. The summed E-state index contributed by atoms with van der Waals surface area (Å²) in [5.74, 6) is 0.851. The zero-order chi connectivity index (χ0) is 18.7. The van der Waals surface area contributed by atoms with Gasteiger partial charge >= 0.3 is 0 Å². The summed E-state index contributed by atoms with van der Waals surface area (Å²) in [7, 11) is 4.05. The van der Waals surface area contributed by atoms with Crippen molar-refractivity contribution in [3.63, 3.8) is 0 Å². The van der Waals surface area contributed by atoms with Crippen LogP contribution in [0.5, 0.6) is 5.75 Å². The number of ether oxygens (including phenoxy) is 1. The van der Waals surface area contributed by atoms with Gasteiger partial charge in [0, 0.05) is 12.2 Å². The molecule has 0 aromatic heterocycles. The van der Waals surface area contributed by atoms with E-state index in [1.165, 1.54) is 0 Å². The van der Waals surface area contributed by atoms with E-state index in [0.717, 1.165) is 29.8 Å². The van der Waals surface area contributed by atoms with Gasteiger partial charge in [-0.1, -0.05) is 29.8 Å². The molecule has 2 aromatic rings. The van der Waals surface area contributed by atoms with Gasteiger partial charge < -0.3 is 20.3 Å². The number of amides is 1. The largest absolute Gasteiger partial charge is 0.449 e. The van der Waals surface area contributed by atoms with Crippen molar-refractivity contribution >= 4 is 23.4 Å². The van der Waals surface area contributed by atoms with Crippen molar-refractivity contribution in [2.45, 2.75) is 13.3 Å². The Bertz CT molecular complexity index is 843. The number of nitrogens with two attached hydrogens (primary N) is 1. The van der Waals surface area contributed by atoms with Crippen LogP contribution in [-0.2, 0) is 4.79 Å². The molecule has 0 unspecified atom stereocenters. The van der Waals surface area contributed by atoms with Crippen LogP contribution in [0.2, 0.25) is 0 Å². The lowest BCUT2D eigenvalue weighted by Crippen LogP contribution is -2.39. The standard InChI is InChI=1S/C21H25N3O2/c1-15-6-4-7-16(12-15)13-20-21(25)24(11-5-10-23(2)3)18-14-17(22)8-9-19(18)26-20/h4,6-9,12-14H,5,10-11,22H2,1-3H3/b20-13+. The molecule has 26 heavy (non-hydrogen) atoms. The molecular formula is C21H25N3O2. The number of nitrogens with zero attached hydrogens (tertiary/aromatic N) is 2. The van der Waals surface area contributed by atoms with Crippen LogP contribution in [0.1, 0.15) is 17.5 Å². The van der Waals surface area contributed by atoms with Crippen LogP contribution < -0.4 is 15.4 Å². The van der Waals surface area contributed by atoms with Crippen LogP contribution in [0, 0.1) is 6.92 Å². The van der Waals surface area contributed by atoms with Crippen molar-refractivity contribution in [1.82, 2.24) is 4.90 Å². The second-order valence-electron chi connectivity index (χ2n) is 6.87. The van der Waals surface area contributed by atoms with E-state index in [0.29, 0.717) is 23.7 Å². The fraction of sp³-hybridized carbons (Fsp3) is 0.286. The highest BCUT2D eigenvalue weighted by Gasteiger charge is 2.30. The van der Waals surface area contributed by atoms with Crippen molar-refractivity contribution in [3.05, 3.63) is 59.4 Å². The molecule has 0 saturated heterocycles. The number of carbonyl (C=O) groups is 1. The fourth-order valence-electron chi connectivity index (χ4n) is 3.01. The summed E-state index contributed by atoms with van der Waals surface area (Å²) in [5.41, 5.74) is 9.35. The van der Waals surface area contributed by atoms with Gasteiger partial charge in [-0.05, 0) is 63.8 Å². The van der Waals surface area contributed by atoms with E-state index < -0.39 is 0 Å². The van der Waals surface area contributed by atoms with Crippen LogP contribution in [0.15, 0.2) is 48.2 Å². The lowest BCUT2D eigenvalue weighted by molar-refractivity contribution is -0.117. The van der Waals surface area contributed by atoms with Crippen molar-refractivity contribution in [1.29, 1.82) is 0 Å². The molecule has 0 atom stereocenters. The number of benzene rings is 2. The first-order chi connectivity index (χ1) is 12.4. The van der Waals surface area contributed by atoms with E-state index in [9.17, 15) is 4.79 Å². The van der Waals surface area contributed by atoms with Crippen LogP contribution in [-0.4, -0.2) is 38.0 Å². The lowest BCUT2D eigenvalue weighted by atomic mass is 10.1. The van der Waals surface area contributed by atoms with Gasteiger partial charge in [0.25, 0.3) is 5.91 Å². The minimum atomic E-state index is -0.136. The molecule has 5 heteroatoms. The van der Waals surface area contributed by atoms with Crippen LogP contribution in [0.25, 0.3) is 6.08 Å². The molecule has 1 aliphatic heterocycles. The summed E-state index contributed by atoms with van der Waals surface area (Å²) >= 11 is 0. The Morgan fingerprint density at radius 1 is 1.19 bits per heavy atom. The van der Waals surface area contributed by atoms with E-state index in [1.54, 1.807) is 23.1 Å². The third-order valence-corrected chi connectivity index (χ3v) is 4.28. The van der Waals surface area contributed by atoms with Gasteiger partial charge in [0.05, 0.1) is 5.69 Å². The minimum absolute atomic E-state index is 0.136. The second kappa shape index (κ2) is 7.62. The monoisotopic (exact) mass is 351 g/mol. The molecule has 136 valence electrons. The predicted molar refractivity (Wildman–Crippen MR) is 106 cm³/mol. The average molecular weight is 351 g/mol. The molecule has 0 bridgehead atoms. The highest BCUT2D eigenvalue weighted by atomic mass is 16.5. The smallest absolute Gasteiger partial charge is 0.294 e. The number of carbonyl (C=O) groups excluding carboxylic acids is 1. The Balaban J connectivity index is 1.94. The first-order valence-electron chi connectivity index (χ1n) is 8.76. The molecule has 5 nitrogen and oxygen atoms in total. The van der Waals surface area contributed by atoms with Crippen LogP contribution in [0.4, 0.5) is 11.4 Å². The zero-order valence-corrected chi connectivity index (χ0v) is 15.5. The molecule has 2 aromatic carbocycles. The average Bonchev–Trinajstić information content (AvgIpc) is 2.58. The number of nitrogen functional groups attached to an aromatic ring is 1. The van der Waals surface area contributed by atoms with Gasteiger partial charge in [0.2, 0.25) is 0 Å². The van der Waals surface area contributed by atoms with Gasteiger partial charge in [-0.25, -0.2) is 0 Å². The molecule has 3 rings (SSSR count). The number of anilines is 2. The summed E-state index contributed by atoms with van der Waals surface area (Å²) in [6.45, 7) is 3.54. The summed E-state index contributed by atoms with van der Waals surface area (Å²) in [6, 6.07) is 13.4. The maximum Gasteiger partial charge on any atom is 0.294 e. The molecule has 2 N–H and O–H groups in total. The number of hydrogen-bond acceptors (Lipinski definition) is 4. The minimum Gasteiger partial charge on any atom is -0.449 e. The Labute approximate surface area is 154 Å². The van der Waals surface area contributed by atoms with Gasteiger partial charge in [0.15, 0.2) is 11.5 Å². The predicted octanol–water partition coefficient (Wildman–Crippen LogP) is 3.30. The molecular weight excluding hydrogens is 326 g/mol. The van der Waals surface area contributed by atoms with E-state index in [1.807, 2.05) is 51.4 Å². The molecule has 0 aliphatic carbocycles. The highest BCUT2D eigenvalue weighted by Crippen LogP contribution is 2.37. The second-order valence-corrected chi connectivity index (χ2v) is 6.87. The fourth-order valence-corrected chi connectivity index (χ4v) is 3.01. The topological polar surface area (TPSA) is 58.8 Å². The number of rotatable bonds is 5. The maximum atomic E-state index is 13.0.